The summed E-state index contributed by atoms with van der Waals surface area (Å²) in [7, 11) is 0. The van der Waals surface area contributed by atoms with Crippen LogP contribution in [0.4, 0.5) is 11.4 Å². The van der Waals surface area contributed by atoms with Crippen molar-refractivity contribution >= 4 is 23.1 Å². The van der Waals surface area contributed by atoms with Crippen molar-refractivity contribution in [2.45, 2.75) is 26.2 Å². The molecule has 1 N–H and O–H groups in total. The molecular weight excluding hydrogens is 248 g/mol. The molecule has 0 spiro atoms. The lowest BCUT2D eigenvalue weighted by molar-refractivity contribution is -0.384. The molecule has 0 aliphatic rings. The predicted octanol–water partition coefficient (Wildman–Crippen LogP) is 3.85. The summed E-state index contributed by atoms with van der Waals surface area (Å²) < 4.78 is 0. The lowest BCUT2D eigenvalue weighted by atomic mass is 10.2. The maximum atomic E-state index is 10.9. The Hall–Kier alpha value is -1.23. The molecule has 0 heterocycles. The Bertz CT molecular complexity index is 397. The number of unbranched alkanes of at least 4 members (excludes halogenated alkanes) is 2. The van der Waals surface area contributed by atoms with Gasteiger partial charge in [0.25, 0.3) is 5.69 Å². The monoisotopic (exact) mass is 268 g/mol. The van der Waals surface area contributed by atoms with Crippen molar-refractivity contribution in [2.24, 2.45) is 0 Å². The van der Waals surface area contributed by atoms with Crippen LogP contribution in [0.1, 0.15) is 24.8 Å². The van der Waals surface area contributed by atoms with Gasteiger partial charge in [-0.3, -0.25) is 10.1 Å². The molecule has 100 valence electrons. The van der Waals surface area contributed by atoms with E-state index in [0.29, 0.717) is 5.69 Å². The fourth-order valence-electron chi connectivity index (χ4n) is 1.71. The highest BCUT2D eigenvalue weighted by Crippen LogP contribution is 2.25. The number of hydrogen-bond donors (Lipinski definition) is 1. The minimum atomic E-state index is -0.330. The molecule has 0 fully saturated rings. The summed E-state index contributed by atoms with van der Waals surface area (Å²) in [6.07, 6.45) is 5.52. The third-order valence-electron chi connectivity index (χ3n) is 2.69. The van der Waals surface area contributed by atoms with E-state index in [1.807, 2.05) is 24.8 Å². The Labute approximate surface area is 112 Å². The van der Waals surface area contributed by atoms with E-state index in [4.69, 9.17) is 0 Å². The van der Waals surface area contributed by atoms with Crippen molar-refractivity contribution in [2.75, 3.05) is 23.9 Å². The Morgan fingerprint density at radius 1 is 1.33 bits per heavy atom. The first-order valence-electron chi connectivity index (χ1n) is 6.13. The highest BCUT2D eigenvalue weighted by Gasteiger charge is 2.12. The molecule has 0 unspecified atom stereocenters. The largest absolute Gasteiger partial charge is 0.379 e. The summed E-state index contributed by atoms with van der Waals surface area (Å²) in [5.74, 6) is 1.19. The molecule has 0 atom stereocenters. The number of anilines is 1. The normalized spacial score (nSPS) is 10.3. The number of nitro groups is 1. The molecule has 1 aromatic rings. The van der Waals surface area contributed by atoms with E-state index in [1.54, 1.807) is 12.1 Å². The Kier molecular flexibility index (Phi) is 6.57. The Morgan fingerprint density at radius 2 is 2.11 bits per heavy atom. The average molecular weight is 268 g/mol. The van der Waals surface area contributed by atoms with Crippen molar-refractivity contribution in [3.05, 3.63) is 33.9 Å². The zero-order chi connectivity index (χ0) is 13.4. The zero-order valence-corrected chi connectivity index (χ0v) is 11.8. The molecule has 4 nitrogen and oxygen atoms in total. The summed E-state index contributed by atoms with van der Waals surface area (Å²) >= 11 is 1.85. The van der Waals surface area contributed by atoms with E-state index in [0.717, 1.165) is 24.9 Å². The first kappa shape index (κ1) is 14.8. The van der Waals surface area contributed by atoms with Crippen LogP contribution in [0.2, 0.25) is 0 Å². The number of nitrogens with zero attached hydrogens (tertiary/aromatic N) is 1. The van der Waals surface area contributed by atoms with Gasteiger partial charge in [-0.25, -0.2) is 0 Å². The van der Waals surface area contributed by atoms with Crippen LogP contribution in [0.5, 0.6) is 0 Å². The molecular formula is C13H20N2O2S. The second kappa shape index (κ2) is 7.97. The van der Waals surface area contributed by atoms with Crippen LogP contribution in [0.3, 0.4) is 0 Å². The molecule has 18 heavy (non-hydrogen) atoms. The van der Waals surface area contributed by atoms with Gasteiger partial charge in [0, 0.05) is 12.6 Å². The first-order valence-corrected chi connectivity index (χ1v) is 7.52. The predicted molar refractivity (Wildman–Crippen MR) is 78.6 cm³/mol. The summed E-state index contributed by atoms with van der Waals surface area (Å²) in [6, 6.07) is 5.29. The standard InChI is InChI=1S/C13H20N2O2S/c1-11-6-7-12(13(10-11)15(16)17)14-8-4-3-5-9-18-2/h6-7,10,14H,3-5,8-9H2,1-2H3. The van der Waals surface area contributed by atoms with Crippen LogP contribution in [-0.2, 0) is 0 Å². The van der Waals surface area contributed by atoms with Gasteiger partial charge in [0.2, 0.25) is 0 Å². The molecule has 0 aliphatic heterocycles. The molecule has 0 bridgehead atoms. The second-order valence-corrected chi connectivity index (χ2v) is 5.24. The Morgan fingerprint density at radius 3 is 2.78 bits per heavy atom. The van der Waals surface area contributed by atoms with Gasteiger partial charge < -0.3 is 5.32 Å². The molecule has 0 radical (unpaired) electrons. The van der Waals surface area contributed by atoms with Crippen LogP contribution >= 0.6 is 11.8 Å². The van der Waals surface area contributed by atoms with Crippen molar-refractivity contribution in [1.29, 1.82) is 0 Å². The van der Waals surface area contributed by atoms with E-state index in [1.165, 1.54) is 12.2 Å². The first-order chi connectivity index (χ1) is 8.65. The topological polar surface area (TPSA) is 55.2 Å². The van der Waals surface area contributed by atoms with Crippen LogP contribution in [0.15, 0.2) is 18.2 Å². The lowest BCUT2D eigenvalue weighted by Crippen LogP contribution is -2.04. The number of thioether (sulfide) groups is 1. The molecule has 1 aromatic carbocycles. The number of nitrogens with one attached hydrogen (secondary N) is 1. The van der Waals surface area contributed by atoms with Gasteiger partial charge in [-0.1, -0.05) is 12.5 Å². The quantitative estimate of drug-likeness (QED) is 0.442. The number of benzene rings is 1. The third kappa shape index (κ3) is 4.96. The molecule has 0 aromatic heterocycles. The minimum Gasteiger partial charge on any atom is -0.379 e. The highest BCUT2D eigenvalue weighted by molar-refractivity contribution is 7.98. The van der Waals surface area contributed by atoms with Gasteiger partial charge >= 0.3 is 0 Å². The van der Waals surface area contributed by atoms with E-state index in [2.05, 4.69) is 11.6 Å². The molecule has 5 heteroatoms. The molecule has 0 saturated carbocycles. The lowest BCUT2D eigenvalue weighted by Gasteiger charge is -2.07. The molecule has 0 aliphatic carbocycles. The van der Waals surface area contributed by atoms with Gasteiger partial charge in [-0.2, -0.15) is 11.8 Å². The molecule has 1 rings (SSSR count). The van der Waals surface area contributed by atoms with E-state index in [-0.39, 0.29) is 10.6 Å². The highest BCUT2D eigenvalue weighted by atomic mass is 32.2. The summed E-state index contributed by atoms with van der Waals surface area (Å²) in [5.41, 5.74) is 1.70. The summed E-state index contributed by atoms with van der Waals surface area (Å²) in [5, 5.41) is 14.1. The van der Waals surface area contributed by atoms with Crippen LogP contribution in [0, 0.1) is 17.0 Å². The fourth-order valence-corrected chi connectivity index (χ4v) is 2.21. The van der Waals surface area contributed by atoms with Gasteiger partial charge in [0.15, 0.2) is 0 Å². The molecule has 0 amide bonds. The van der Waals surface area contributed by atoms with E-state index < -0.39 is 0 Å². The van der Waals surface area contributed by atoms with E-state index >= 15 is 0 Å². The van der Waals surface area contributed by atoms with Crippen LogP contribution in [0.25, 0.3) is 0 Å². The molecule has 0 saturated heterocycles. The summed E-state index contributed by atoms with van der Waals surface area (Å²) in [6.45, 7) is 2.65. The summed E-state index contributed by atoms with van der Waals surface area (Å²) in [4.78, 5) is 10.6. The minimum absolute atomic E-state index is 0.166. The van der Waals surface area contributed by atoms with Crippen molar-refractivity contribution in [1.82, 2.24) is 0 Å². The van der Waals surface area contributed by atoms with Gasteiger partial charge in [0.1, 0.15) is 5.69 Å². The van der Waals surface area contributed by atoms with Crippen LogP contribution in [-0.4, -0.2) is 23.5 Å². The maximum absolute atomic E-state index is 10.9. The third-order valence-corrected chi connectivity index (χ3v) is 3.39. The number of aryl methyl sites for hydroxylation is 1. The number of hydrogen-bond acceptors (Lipinski definition) is 4. The zero-order valence-electron chi connectivity index (χ0n) is 10.9. The van der Waals surface area contributed by atoms with Crippen molar-refractivity contribution in [3.63, 3.8) is 0 Å². The van der Waals surface area contributed by atoms with Crippen LogP contribution < -0.4 is 5.32 Å². The smallest absolute Gasteiger partial charge is 0.292 e. The van der Waals surface area contributed by atoms with E-state index in [9.17, 15) is 10.1 Å². The number of rotatable bonds is 8. The van der Waals surface area contributed by atoms with Gasteiger partial charge in [-0.15, -0.1) is 0 Å². The average Bonchev–Trinajstić information content (AvgIpc) is 2.35. The fraction of sp³-hybridized carbons (Fsp3) is 0.538. The van der Waals surface area contributed by atoms with Gasteiger partial charge in [0.05, 0.1) is 4.92 Å². The maximum Gasteiger partial charge on any atom is 0.292 e. The SMILES string of the molecule is CSCCCCCNc1ccc(C)cc1[N+](=O)[O-]. The Balaban J connectivity index is 2.44. The van der Waals surface area contributed by atoms with Gasteiger partial charge in [-0.05, 0) is 43.4 Å². The van der Waals surface area contributed by atoms with Crippen molar-refractivity contribution < 1.29 is 4.92 Å². The number of nitro benzene ring substituents is 1. The van der Waals surface area contributed by atoms with Crippen molar-refractivity contribution in [3.8, 4) is 0 Å². The second-order valence-electron chi connectivity index (χ2n) is 4.26.